The van der Waals surface area contributed by atoms with Crippen molar-refractivity contribution in [1.29, 1.82) is 0 Å². The lowest BCUT2D eigenvalue weighted by Gasteiger charge is -2.28. The summed E-state index contributed by atoms with van der Waals surface area (Å²) in [5.41, 5.74) is 0.779. The quantitative estimate of drug-likeness (QED) is 0.843. The summed E-state index contributed by atoms with van der Waals surface area (Å²) in [6, 6.07) is 9.40. The molecule has 0 saturated heterocycles. The van der Waals surface area contributed by atoms with E-state index < -0.39 is 0 Å². The van der Waals surface area contributed by atoms with Crippen molar-refractivity contribution in [2.24, 2.45) is 5.92 Å². The Balaban J connectivity index is 1.84. The number of amides is 1. The van der Waals surface area contributed by atoms with Crippen LogP contribution in [0.25, 0.3) is 0 Å². The summed E-state index contributed by atoms with van der Waals surface area (Å²) in [5.74, 6) is 0.477. The zero-order valence-corrected chi connectivity index (χ0v) is 10.2. The van der Waals surface area contributed by atoms with Crippen LogP contribution in [0.2, 0.25) is 0 Å². The second-order valence-electron chi connectivity index (χ2n) is 4.70. The van der Waals surface area contributed by atoms with E-state index in [0.29, 0.717) is 5.92 Å². The van der Waals surface area contributed by atoms with Gasteiger partial charge in [-0.3, -0.25) is 5.32 Å². The van der Waals surface area contributed by atoms with E-state index in [1.165, 1.54) is 6.42 Å². The molecule has 0 unspecified atom stereocenters. The normalized spacial score (nSPS) is 24.1. The molecule has 0 radical (unpaired) electrons. The van der Waals surface area contributed by atoms with Gasteiger partial charge in [-0.25, -0.2) is 4.79 Å². The molecule has 0 bridgehead atoms. The molecule has 1 N–H and O–H groups in total. The van der Waals surface area contributed by atoms with Crippen LogP contribution in [-0.2, 0) is 4.74 Å². The summed E-state index contributed by atoms with van der Waals surface area (Å²) < 4.78 is 5.46. The van der Waals surface area contributed by atoms with E-state index in [-0.39, 0.29) is 12.2 Å². The molecule has 0 heterocycles. The standard InChI is InChI=1S/C14H19NO2/c1-11-7-5-6-10-13(11)17-14(16)15-12-8-3-2-4-9-12/h2-4,8-9,11,13H,5-7,10H2,1H3,(H,15,16)/t11-,13-/m1/s1. The highest BCUT2D eigenvalue weighted by molar-refractivity contribution is 5.84. The minimum Gasteiger partial charge on any atom is -0.446 e. The molecule has 0 aromatic heterocycles. The summed E-state index contributed by atoms with van der Waals surface area (Å²) in [6.45, 7) is 2.15. The van der Waals surface area contributed by atoms with Crippen molar-refractivity contribution in [3.05, 3.63) is 30.3 Å². The van der Waals surface area contributed by atoms with Gasteiger partial charge >= 0.3 is 6.09 Å². The van der Waals surface area contributed by atoms with Crippen molar-refractivity contribution in [2.45, 2.75) is 38.7 Å². The lowest BCUT2D eigenvalue weighted by atomic mass is 9.88. The molecule has 1 fully saturated rings. The maximum Gasteiger partial charge on any atom is 0.411 e. The van der Waals surface area contributed by atoms with Gasteiger partial charge in [-0.05, 0) is 37.3 Å². The first-order valence-corrected chi connectivity index (χ1v) is 6.28. The van der Waals surface area contributed by atoms with Gasteiger partial charge in [0.25, 0.3) is 0 Å². The summed E-state index contributed by atoms with van der Waals surface area (Å²) in [7, 11) is 0. The largest absolute Gasteiger partial charge is 0.446 e. The van der Waals surface area contributed by atoms with Crippen LogP contribution in [0.1, 0.15) is 32.6 Å². The van der Waals surface area contributed by atoms with E-state index >= 15 is 0 Å². The maximum absolute atomic E-state index is 11.7. The molecular formula is C14H19NO2. The lowest BCUT2D eigenvalue weighted by molar-refractivity contribution is 0.0524. The molecule has 3 nitrogen and oxygen atoms in total. The Morgan fingerprint density at radius 2 is 1.94 bits per heavy atom. The second kappa shape index (κ2) is 5.71. The summed E-state index contributed by atoms with van der Waals surface area (Å²) in [4.78, 5) is 11.7. The summed E-state index contributed by atoms with van der Waals surface area (Å²) in [5, 5.41) is 2.75. The molecule has 0 aliphatic heterocycles. The number of carbonyl (C=O) groups is 1. The number of benzene rings is 1. The molecule has 3 heteroatoms. The summed E-state index contributed by atoms with van der Waals surface area (Å²) >= 11 is 0. The number of carbonyl (C=O) groups excluding carboxylic acids is 1. The minimum atomic E-state index is -0.338. The van der Waals surface area contributed by atoms with Crippen LogP contribution in [0.5, 0.6) is 0 Å². The Morgan fingerprint density at radius 1 is 1.24 bits per heavy atom. The van der Waals surface area contributed by atoms with Crippen LogP contribution in [-0.4, -0.2) is 12.2 Å². The molecular weight excluding hydrogens is 214 g/mol. The van der Waals surface area contributed by atoms with Crippen molar-refractivity contribution in [1.82, 2.24) is 0 Å². The Hall–Kier alpha value is -1.51. The fourth-order valence-corrected chi connectivity index (χ4v) is 2.26. The third-order valence-electron chi connectivity index (χ3n) is 3.31. The van der Waals surface area contributed by atoms with E-state index in [4.69, 9.17) is 4.74 Å². The van der Waals surface area contributed by atoms with Gasteiger partial charge in [0.1, 0.15) is 6.10 Å². The molecule has 1 aromatic rings. The van der Waals surface area contributed by atoms with E-state index in [1.807, 2.05) is 30.3 Å². The molecule has 92 valence electrons. The Labute approximate surface area is 102 Å². The van der Waals surface area contributed by atoms with E-state index in [1.54, 1.807) is 0 Å². The van der Waals surface area contributed by atoms with Gasteiger partial charge in [0, 0.05) is 5.69 Å². The number of para-hydroxylation sites is 1. The third-order valence-corrected chi connectivity index (χ3v) is 3.31. The average Bonchev–Trinajstić information content (AvgIpc) is 2.33. The van der Waals surface area contributed by atoms with Crippen LogP contribution < -0.4 is 5.32 Å². The number of hydrogen-bond donors (Lipinski definition) is 1. The van der Waals surface area contributed by atoms with Gasteiger partial charge in [0.15, 0.2) is 0 Å². The van der Waals surface area contributed by atoms with Gasteiger partial charge < -0.3 is 4.74 Å². The van der Waals surface area contributed by atoms with Crippen molar-refractivity contribution in [3.8, 4) is 0 Å². The summed E-state index contributed by atoms with van der Waals surface area (Å²) in [6.07, 6.45) is 4.30. The van der Waals surface area contributed by atoms with Crippen molar-refractivity contribution in [2.75, 3.05) is 5.32 Å². The molecule has 0 spiro atoms. The van der Waals surface area contributed by atoms with Gasteiger partial charge in [-0.2, -0.15) is 0 Å². The van der Waals surface area contributed by atoms with Gasteiger partial charge in [-0.15, -0.1) is 0 Å². The highest BCUT2D eigenvalue weighted by Crippen LogP contribution is 2.26. The smallest absolute Gasteiger partial charge is 0.411 e. The van der Waals surface area contributed by atoms with Crippen molar-refractivity contribution in [3.63, 3.8) is 0 Å². The van der Waals surface area contributed by atoms with Crippen LogP contribution in [0.3, 0.4) is 0 Å². The number of rotatable bonds is 2. The second-order valence-corrected chi connectivity index (χ2v) is 4.70. The first-order valence-electron chi connectivity index (χ1n) is 6.28. The molecule has 2 atom stereocenters. The fourth-order valence-electron chi connectivity index (χ4n) is 2.26. The van der Waals surface area contributed by atoms with Crippen LogP contribution >= 0.6 is 0 Å². The first kappa shape index (κ1) is 12.0. The predicted octanol–water partition coefficient (Wildman–Crippen LogP) is 3.81. The highest BCUT2D eigenvalue weighted by Gasteiger charge is 2.24. The number of hydrogen-bond acceptors (Lipinski definition) is 2. The number of nitrogens with one attached hydrogen (secondary N) is 1. The average molecular weight is 233 g/mol. The Morgan fingerprint density at radius 3 is 2.65 bits per heavy atom. The highest BCUT2D eigenvalue weighted by atomic mass is 16.6. The molecule has 1 amide bonds. The van der Waals surface area contributed by atoms with Crippen LogP contribution in [0.15, 0.2) is 30.3 Å². The monoisotopic (exact) mass is 233 g/mol. The third kappa shape index (κ3) is 3.48. The van der Waals surface area contributed by atoms with Crippen molar-refractivity contribution >= 4 is 11.8 Å². The number of anilines is 1. The SMILES string of the molecule is C[C@@H]1CCCC[C@H]1OC(=O)Nc1ccccc1. The molecule has 1 saturated carbocycles. The predicted molar refractivity (Wildman–Crippen MR) is 68.0 cm³/mol. The van der Waals surface area contributed by atoms with Crippen LogP contribution in [0, 0.1) is 5.92 Å². The lowest BCUT2D eigenvalue weighted by Crippen LogP contribution is -2.30. The maximum atomic E-state index is 11.7. The van der Waals surface area contributed by atoms with E-state index in [0.717, 1.165) is 24.9 Å². The van der Waals surface area contributed by atoms with Gasteiger partial charge in [0.2, 0.25) is 0 Å². The van der Waals surface area contributed by atoms with Gasteiger partial charge in [-0.1, -0.05) is 31.5 Å². The Kier molecular flexibility index (Phi) is 4.02. The van der Waals surface area contributed by atoms with Gasteiger partial charge in [0.05, 0.1) is 0 Å². The van der Waals surface area contributed by atoms with Crippen molar-refractivity contribution < 1.29 is 9.53 Å². The zero-order valence-electron chi connectivity index (χ0n) is 10.2. The number of ether oxygens (including phenoxy) is 1. The molecule has 2 rings (SSSR count). The molecule has 1 aromatic carbocycles. The van der Waals surface area contributed by atoms with Crippen LogP contribution in [0.4, 0.5) is 10.5 Å². The molecule has 1 aliphatic carbocycles. The minimum absolute atomic E-state index is 0.0764. The fraction of sp³-hybridized carbons (Fsp3) is 0.500. The van der Waals surface area contributed by atoms with E-state index in [9.17, 15) is 4.79 Å². The van der Waals surface area contributed by atoms with E-state index in [2.05, 4.69) is 12.2 Å². The molecule has 1 aliphatic rings. The first-order chi connectivity index (χ1) is 8.25. The topological polar surface area (TPSA) is 38.3 Å². The Bertz CT molecular complexity index is 364. The zero-order chi connectivity index (χ0) is 12.1. The molecule has 17 heavy (non-hydrogen) atoms.